The van der Waals surface area contributed by atoms with Crippen molar-refractivity contribution in [2.45, 2.75) is 30.4 Å². The van der Waals surface area contributed by atoms with Crippen molar-refractivity contribution < 1.29 is 4.74 Å². The standard InChI is InChI=1S/C7H14N2O/c8-4-7-2-1-6(9,3-7)5-10-7/h1-5,8-9H2. The lowest BCUT2D eigenvalue weighted by molar-refractivity contribution is -0.0123. The fourth-order valence-corrected chi connectivity index (χ4v) is 2.07. The van der Waals surface area contributed by atoms with Gasteiger partial charge in [0.05, 0.1) is 12.2 Å². The molecule has 3 heteroatoms. The predicted octanol–water partition coefficient (Wildman–Crippen LogP) is -0.405. The maximum atomic E-state index is 5.98. The van der Waals surface area contributed by atoms with Gasteiger partial charge in [0.25, 0.3) is 0 Å². The highest BCUT2D eigenvalue weighted by molar-refractivity contribution is 5.08. The van der Waals surface area contributed by atoms with Crippen molar-refractivity contribution in [3.63, 3.8) is 0 Å². The first-order valence-corrected chi connectivity index (χ1v) is 3.81. The van der Waals surface area contributed by atoms with E-state index in [1.54, 1.807) is 0 Å². The van der Waals surface area contributed by atoms with Gasteiger partial charge in [-0.15, -0.1) is 0 Å². The summed E-state index contributed by atoms with van der Waals surface area (Å²) in [7, 11) is 0. The Hall–Kier alpha value is -0.120. The van der Waals surface area contributed by atoms with E-state index in [4.69, 9.17) is 16.2 Å². The van der Waals surface area contributed by atoms with Gasteiger partial charge in [-0.1, -0.05) is 0 Å². The molecule has 0 radical (unpaired) electrons. The van der Waals surface area contributed by atoms with E-state index in [2.05, 4.69) is 0 Å². The number of hydrogen-bond donors (Lipinski definition) is 2. The first-order valence-electron chi connectivity index (χ1n) is 3.81. The lowest BCUT2D eigenvalue weighted by Crippen LogP contribution is -2.38. The van der Waals surface area contributed by atoms with Crippen LogP contribution in [-0.2, 0) is 4.74 Å². The van der Waals surface area contributed by atoms with Gasteiger partial charge in [0, 0.05) is 12.1 Å². The van der Waals surface area contributed by atoms with Gasteiger partial charge < -0.3 is 16.2 Å². The van der Waals surface area contributed by atoms with Crippen LogP contribution in [0.5, 0.6) is 0 Å². The third kappa shape index (κ3) is 0.713. The van der Waals surface area contributed by atoms with Gasteiger partial charge in [-0.3, -0.25) is 0 Å². The maximum absolute atomic E-state index is 5.98. The molecule has 2 aliphatic rings. The van der Waals surface area contributed by atoms with Crippen LogP contribution in [0.3, 0.4) is 0 Å². The Morgan fingerprint density at radius 2 is 2.20 bits per heavy atom. The van der Waals surface area contributed by atoms with Crippen LogP contribution >= 0.6 is 0 Å². The van der Waals surface area contributed by atoms with Crippen LogP contribution in [0.4, 0.5) is 0 Å². The largest absolute Gasteiger partial charge is 0.372 e. The zero-order chi connectivity index (χ0) is 7.24. The van der Waals surface area contributed by atoms with Crippen molar-refractivity contribution in [2.75, 3.05) is 13.2 Å². The second-order valence-electron chi connectivity index (χ2n) is 3.71. The molecule has 1 aliphatic heterocycles. The molecule has 10 heavy (non-hydrogen) atoms. The smallest absolute Gasteiger partial charge is 0.0824 e. The van der Waals surface area contributed by atoms with Crippen molar-refractivity contribution in [2.24, 2.45) is 11.5 Å². The van der Waals surface area contributed by atoms with Crippen molar-refractivity contribution in [1.29, 1.82) is 0 Å². The van der Waals surface area contributed by atoms with E-state index < -0.39 is 0 Å². The Balaban J connectivity index is 2.19. The molecule has 1 aliphatic carbocycles. The van der Waals surface area contributed by atoms with Crippen LogP contribution in [0.1, 0.15) is 19.3 Å². The van der Waals surface area contributed by atoms with Gasteiger partial charge in [-0.05, 0) is 19.3 Å². The molecule has 0 amide bonds. The van der Waals surface area contributed by atoms with Gasteiger partial charge in [0.15, 0.2) is 0 Å². The van der Waals surface area contributed by atoms with Gasteiger partial charge in [-0.25, -0.2) is 0 Å². The molecular formula is C7H14N2O. The molecule has 2 unspecified atom stereocenters. The SMILES string of the molecule is NCC12CCC(N)(CO1)C2. The van der Waals surface area contributed by atoms with E-state index in [0.29, 0.717) is 13.2 Å². The summed E-state index contributed by atoms with van der Waals surface area (Å²) in [5, 5.41) is 0. The third-order valence-corrected chi connectivity index (χ3v) is 2.79. The zero-order valence-electron chi connectivity index (χ0n) is 6.10. The number of nitrogens with two attached hydrogens (primary N) is 2. The Morgan fingerprint density at radius 3 is 2.40 bits per heavy atom. The van der Waals surface area contributed by atoms with Crippen LogP contribution in [0.2, 0.25) is 0 Å². The average Bonchev–Trinajstić information content (AvgIpc) is 2.42. The maximum Gasteiger partial charge on any atom is 0.0824 e. The molecular weight excluding hydrogens is 128 g/mol. The van der Waals surface area contributed by atoms with Crippen molar-refractivity contribution >= 4 is 0 Å². The van der Waals surface area contributed by atoms with Gasteiger partial charge >= 0.3 is 0 Å². The van der Waals surface area contributed by atoms with Crippen molar-refractivity contribution in [1.82, 2.24) is 0 Å². The minimum atomic E-state index is -0.0330. The molecule has 3 nitrogen and oxygen atoms in total. The molecule has 0 aromatic heterocycles. The molecule has 1 saturated carbocycles. The molecule has 0 aromatic carbocycles. The summed E-state index contributed by atoms with van der Waals surface area (Å²) in [6, 6.07) is 0. The van der Waals surface area contributed by atoms with E-state index in [1.165, 1.54) is 0 Å². The minimum absolute atomic E-state index is 0.0284. The molecule has 2 rings (SSSR count). The first kappa shape index (κ1) is 6.58. The molecule has 4 N–H and O–H groups in total. The summed E-state index contributed by atoms with van der Waals surface area (Å²) in [6.45, 7) is 1.34. The summed E-state index contributed by atoms with van der Waals surface area (Å²) < 4.78 is 5.54. The highest BCUT2D eigenvalue weighted by atomic mass is 16.5. The monoisotopic (exact) mass is 142 g/mol. The van der Waals surface area contributed by atoms with E-state index in [-0.39, 0.29) is 11.1 Å². The van der Waals surface area contributed by atoms with Crippen LogP contribution < -0.4 is 11.5 Å². The summed E-state index contributed by atoms with van der Waals surface area (Å²) in [5.41, 5.74) is 11.5. The van der Waals surface area contributed by atoms with Crippen LogP contribution in [0.15, 0.2) is 0 Å². The molecule has 1 saturated heterocycles. The third-order valence-electron chi connectivity index (χ3n) is 2.79. The van der Waals surface area contributed by atoms with E-state index in [1.807, 2.05) is 0 Å². The quantitative estimate of drug-likeness (QED) is 0.523. The minimum Gasteiger partial charge on any atom is -0.372 e. The fraction of sp³-hybridized carbons (Fsp3) is 1.00. The van der Waals surface area contributed by atoms with Gasteiger partial charge in [-0.2, -0.15) is 0 Å². The summed E-state index contributed by atoms with van der Waals surface area (Å²) in [6.07, 6.45) is 3.11. The molecule has 2 fully saturated rings. The number of rotatable bonds is 1. The molecule has 0 spiro atoms. The average molecular weight is 142 g/mol. The molecule has 0 aromatic rings. The fourth-order valence-electron chi connectivity index (χ4n) is 2.07. The first-order chi connectivity index (χ1) is 4.68. The number of ether oxygens (including phenoxy) is 1. The second-order valence-corrected chi connectivity index (χ2v) is 3.71. The van der Waals surface area contributed by atoms with Crippen molar-refractivity contribution in [3.8, 4) is 0 Å². The van der Waals surface area contributed by atoms with Crippen LogP contribution in [0.25, 0.3) is 0 Å². The summed E-state index contributed by atoms with van der Waals surface area (Å²) in [4.78, 5) is 0. The topological polar surface area (TPSA) is 61.3 Å². The lowest BCUT2D eigenvalue weighted by atomic mass is 10.0. The van der Waals surface area contributed by atoms with E-state index >= 15 is 0 Å². The Labute approximate surface area is 60.7 Å². The predicted molar refractivity (Wildman–Crippen MR) is 38.5 cm³/mol. The van der Waals surface area contributed by atoms with Gasteiger partial charge in [0.2, 0.25) is 0 Å². The Morgan fingerprint density at radius 1 is 1.40 bits per heavy atom. The normalized spacial score (nSPS) is 52.2. The molecule has 2 atom stereocenters. The Bertz CT molecular complexity index is 150. The van der Waals surface area contributed by atoms with Crippen LogP contribution in [0, 0.1) is 0 Å². The molecule has 1 heterocycles. The summed E-state index contributed by atoms with van der Waals surface area (Å²) >= 11 is 0. The Kier molecular flexibility index (Phi) is 1.14. The van der Waals surface area contributed by atoms with Crippen molar-refractivity contribution in [3.05, 3.63) is 0 Å². The summed E-state index contributed by atoms with van der Waals surface area (Å²) in [5.74, 6) is 0. The number of hydrogen-bond acceptors (Lipinski definition) is 3. The second kappa shape index (κ2) is 1.72. The van der Waals surface area contributed by atoms with Gasteiger partial charge in [0.1, 0.15) is 0 Å². The number of fused-ring (bicyclic) bond motifs is 2. The zero-order valence-corrected chi connectivity index (χ0v) is 6.10. The highest BCUT2D eigenvalue weighted by Gasteiger charge is 2.52. The van der Waals surface area contributed by atoms with E-state index in [0.717, 1.165) is 19.3 Å². The highest BCUT2D eigenvalue weighted by Crippen LogP contribution is 2.44. The van der Waals surface area contributed by atoms with Crippen LogP contribution in [-0.4, -0.2) is 24.3 Å². The van der Waals surface area contributed by atoms with E-state index in [9.17, 15) is 0 Å². The molecule has 2 bridgehead atoms. The molecule has 58 valence electrons. The lowest BCUT2D eigenvalue weighted by Gasteiger charge is -2.25.